The zero-order chi connectivity index (χ0) is 20.9. The first-order valence-corrected chi connectivity index (χ1v) is 10.1. The van der Waals surface area contributed by atoms with Gasteiger partial charge in [0, 0.05) is 33.3 Å². The molecule has 0 spiro atoms. The first-order valence-electron chi connectivity index (χ1n) is 8.69. The molecule has 0 radical (unpaired) electrons. The molecule has 28 heavy (non-hydrogen) atoms. The fourth-order valence-electron chi connectivity index (χ4n) is 2.64. The van der Waals surface area contributed by atoms with Crippen molar-refractivity contribution in [3.8, 4) is 11.5 Å². The van der Waals surface area contributed by atoms with Crippen LogP contribution in [0.15, 0.2) is 47.4 Å². The number of hydrogen-bond donors (Lipinski definition) is 0. The number of carbonyl (C=O) groups excluding carboxylic acids is 1. The molecular weight excluding hydrogens is 380 g/mol. The Morgan fingerprint density at radius 3 is 2.07 bits per heavy atom. The predicted molar refractivity (Wildman–Crippen MR) is 108 cm³/mol. The van der Waals surface area contributed by atoms with Crippen molar-refractivity contribution in [3.05, 3.63) is 53.6 Å². The Labute approximate surface area is 166 Å². The lowest BCUT2D eigenvalue weighted by atomic mass is 10.1. The van der Waals surface area contributed by atoms with Crippen molar-refractivity contribution in [1.29, 1.82) is 0 Å². The molecule has 0 aliphatic carbocycles. The number of likely N-dealkylation sites (N-methyl/N-ethyl adjacent to an activating group) is 1. The van der Waals surface area contributed by atoms with Crippen LogP contribution in [0.4, 0.5) is 0 Å². The molecule has 0 atom stereocenters. The molecule has 0 fully saturated rings. The van der Waals surface area contributed by atoms with Gasteiger partial charge in [-0.1, -0.05) is 6.07 Å². The van der Waals surface area contributed by atoms with E-state index in [0.717, 1.165) is 9.87 Å². The Balaban J connectivity index is 2.05. The van der Waals surface area contributed by atoms with Crippen LogP contribution in [0.25, 0.3) is 0 Å². The van der Waals surface area contributed by atoms with Crippen molar-refractivity contribution < 1.29 is 22.7 Å². The molecule has 0 saturated heterocycles. The smallest absolute Gasteiger partial charge is 0.253 e. The third-order valence-electron chi connectivity index (χ3n) is 4.41. The first-order chi connectivity index (χ1) is 13.2. The second-order valence-corrected chi connectivity index (χ2v) is 8.63. The number of hydrogen-bond acceptors (Lipinski definition) is 5. The van der Waals surface area contributed by atoms with E-state index in [1.165, 1.54) is 38.4 Å². The summed E-state index contributed by atoms with van der Waals surface area (Å²) in [7, 11) is 4.30. The molecule has 0 aromatic heterocycles. The maximum absolute atomic E-state index is 12.6. The maximum atomic E-state index is 12.6. The molecule has 0 aliphatic heterocycles. The summed E-state index contributed by atoms with van der Waals surface area (Å²) in [6, 6.07) is 11.6. The van der Waals surface area contributed by atoms with Crippen molar-refractivity contribution >= 4 is 15.9 Å². The minimum atomic E-state index is -3.51. The van der Waals surface area contributed by atoms with Gasteiger partial charge in [0.2, 0.25) is 10.0 Å². The second-order valence-electron chi connectivity index (χ2n) is 6.48. The monoisotopic (exact) mass is 406 g/mol. The average molecular weight is 407 g/mol. The molecule has 0 N–H and O–H groups in total. The molecule has 1 amide bonds. The van der Waals surface area contributed by atoms with E-state index >= 15 is 0 Å². The highest BCUT2D eigenvalue weighted by Gasteiger charge is 2.18. The molecule has 2 rings (SSSR count). The molecule has 2 aromatic carbocycles. The SMILES string of the molecule is COc1ccc(CCN(C)C(=O)c2ccc(S(=O)(=O)N(C)C)cc2)cc1OC. The lowest BCUT2D eigenvalue weighted by Crippen LogP contribution is -2.29. The van der Waals surface area contributed by atoms with E-state index in [1.807, 2.05) is 18.2 Å². The normalized spacial score (nSPS) is 11.4. The van der Waals surface area contributed by atoms with E-state index in [4.69, 9.17) is 9.47 Å². The molecule has 2 aromatic rings. The summed E-state index contributed by atoms with van der Waals surface area (Å²) in [5, 5.41) is 0. The molecular formula is C20H26N2O5S. The predicted octanol–water partition coefficient (Wildman–Crippen LogP) is 2.27. The Hall–Kier alpha value is -2.58. The number of methoxy groups -OCH3 is 2. The number of benzene rings is 2. The molecule has 7 nitrogen and oxygen atoms in total. The summed E-state index contributed by atoms with van der Waals surface area (Å²) in [5.41, 5.74) is 1.46. The summed E-state index contributed by atoms with van der Waals surface area (Å²) in [6.45, 7) is 0.506. The highest BCUT2D eigenvalue weighted by Crippen LogP contribution is 2.27. The minimum absolute atomic E-state index is 0.155. The Morgan fingerprint density at radius 1 is 0.929 bits per heavy atom. The van der Waals surface area contributed by atoms with Gasteiger partial charge in [-0.25, -0.2) is 12.7 Å². The van der Waals surface area contributed by atoms with Crippen LogP contribution in [0.2, 0.25) is 0 Å². The zero-order valence-corrected chi connectivity index (χ0v) is 17.6. The molecule has 0 bridgehead atoms. The molecule has 0 aliphatic rings. The van der Waals surface area contributed by atoms with Gasteiger partial charge >= 0.3 is 0 Å². The average Bonchev–Trinajstić information content (AvgIpc) is 2.71. The topological polar surface area (TPSA) is 76.2 Å². The van der Waals surface area contributed by atoms with Crippen molar-refractivity contribution in [2.75, 3.05) is 41.9 Å². The van der Waals surface area contributed by atoms with Gasteiger partial charge in [-0.05, 0) is 48.4 Å². The van der Waals surface area contributed by atoms with Gasteiger partial charge in [0.15, 0.2) is 11.5 Å². The van der Waals surface area contributed by atoms with Crippen LogP contribution in [0, 0.1) is 0 Å². The van der Waals surface area contributed by atoms with E-state index in [1.54, 1.807) is 26.2 Å². The lowest BCUT2D eigenvalue weighted by Gasteiger charge is -2.18. The van der Waals surface area contributed by atoms with Gasteiger partial charge in [0.05, 0.1) is 19.1 Å². The fraction of sp³-hybridized carbons (Fsp3) is 0.350. The van der Waals surface area contributed by atoms with Crippen molar-refractivity contribution in [3.63, 3.8) is 0 Å². The van der Waals surface area contributed by atoms with Crippen LogP contribution in [0.5, 0.6) is 11.5 Å². The first kappa shape index (κ1) is 21.7. The van der Waals surface area contributed by atoms with Crippen molar-refractivity contribution in [1.82, 2.24) is 9.21 Å². The largest absolute Gasteiger partial charge is 0.493 e. The van der Waals surface area contributed by atoms with E-state index in [-0.39, 0.29) is 10.8 Å². The number of rotatable bonds is 8. The minimum Gasteiger partial charge on any atom is -0.493 e. The van der Waals surface area contributed by atoms with Gasteiger partial charge in [0.25, 0.3) is 5.91 Å². The maximum Gasteiger partial charge on any atom is 0.253 e. The van der Waals surface area contributed by atoms with Gasteiger partial charge in [-0.2, -0.15) is 0 Å². The van der Waals surface area contributed by atoms with E-state index in [2.05, 4.69) is 0 Å². The van der Waals surface area contributed by atoms with Crippen LogP contribution in [0.3, 0.4) is 0 Å². The number of nitrogens with zero attached hydrogens (tertiary/aromatic N) is 2. The zero-order valence-electron chi connectivity index (χ0n) is 16.8. The van der Waals surface area contributed by atoms with Gasteiger partial charge in [0.1, 0.15) is 0 Å². The fourth-order valence-corrected chi connectivity index (χ4v) is 3.54. The number of carbonyl (C=O) groups is 1. The van der Waals surface area contributed by atoms with E-state index < -0.39 is 10.0 Å². The van der Waals surface area contributed by atoms with Gasteiger partial charge in [-0.15, -0.1) is 0 Å². The second kappa shape index (κ2) is 9.07. The number of amides is 1. The summed E-state index contributed by atoms with van der Waals surface area (Å²) in [6.07, 6.45) is 0.648. The van der Waals surface area contributed by atoms with E-state index in [0.29, 0.717) is 30.0 Å². The highest BCUT2D eigenvalue weighted by molar-refractivity contribution is 7.89. The summed E-state index contributed by atoms with van der Waals surface area (Å²) < 4.78 is 35.9. The molecule has 0 saturated carbocycles. The third-order valence-corrected chi connectivity index (χ3v) is 6.24. The quantitative estimate of drug-likeness (QED) is 0.672. The van der Waals surface area contributed by atoms with Crippen LogP contribution in [-0.4, -0.2) is 65.4 Å². The Morgan fingerprint density at radius 2 is 1.54 bits per heavy atom. The highest BCUT2D eigenvalue weighted by atomic mass is 32.2. The van der Waals surface area contributed by atoms with Crippen LogP contribution in [0.1, 0.15) is 15.9 Å². The number of ether oxygens (including phenoxy) is 2. The van der Waals surface area contributed by atoms with E-state index in [9.17, 15) is 13.2 Å². The molecule has 152 valence electrons. The van der Waals surface area contributed by atoms with Crippen molar-refractivity contribution in [2.24, 2.45) is 0 Å². The summed E-state index contributed by atoms with van der Waals surface area (Å²) in [5.74, 6) is 1.13. The van der Waals surface area contributed by atoms with Crippen LogP contribution < -0.4 is 9.47 Å². The Bertz CT molecular complexity index is 924. The van der Waals surface area contributed by atoms with Gasteiger partial charge < -0.3 is 14.4 Å². The van der Waals surface area contributed by atoms with Gasteiger partial charge in [-0.3, -0.25) is 4.79 Å². The van der Waals surface area contributed by atoms with Crippen LogP contribution in [-0.2, 0) is 16.4 Å². The Kier molecular flexibility index (Phi) is 7.04. The van der Waals surface area contributed by atoms with Crippen molar-refractivity contribution in [2.45, 2.75) is 11.3 Å². The summed E-state index contributed by atoms with van der Waals surface area (Å²) >= 11 is 0. The molecule has 8 heteroatoms. The standard InChI is InChI=1S/C20H26N2O5S/c1-21(2)28(24,25)17-9-7-16(8-10-17)20(23)22(3)13-12-15-6-11-18(26-4)19(14-15)27-5/h6-11,14H,12-13H2,1-5H3. The van der Waals surface area contributed by atoms with Crippen LogP contribution >= 0.6 is 0 Å². The third kappa shape index (κ3) is 4.82. The number of sulfonamides is 1. The molecule has 0 heterocycles. The lowest BCUT2D eigenvalue weighted by molar-refractivity contribution is 0.0796. The molecule has 0 unspecified atom stereocenters. The summed E-state index contributed by atoms with van der Waals surface area (Å²) in [4.78, 5) is 14.4.